The number of benzene rings is 2. The number of unbranched alkanes of at least 4 members (excludes halogenated alkanes) is 2. The monoisotopic (exact) mass is 309 g/mol. The number of nitrogens with zero attached hydrogens (tertiary/aromatic N) is 2. The molecule has 0 amide bonds. The highest BCUT2D eigenvalue weighted by atomic mass is 16.5. The summed E-state index contributed by atoms with van der Waals surface area (Å²) in [4.78, 5) is 3.13. The molecule has 2 aromatic rings. The fraction of sp³-hybridized carbons (Fsp3) is 0.400. The van der Waals surface area contributed by atoms with Crippen molar-refractivity contribution >= 4 is 5.69 Å². The summed E-state index contributed by atoms with van der Waals surface area (Å²) in [6.45, 7) is 6.84. The summed E-state index contributed by atoms with van der Waals surface area (Å²) in [5.74, 6) is 1.54. The summed E-state index contributed by atoms with van der Waals surface area (Å²) in [6.07, 6.45) is 5.02. The maximum Gasteiger partial charge on any atom is 0.385 e. The van der Waals surface area contributed by atoms with Crippen LogP contribution >= 0.6 is 0 Å². The highest BCUT2D eigenvalue weighted by molar-refractivity contribution is 5.47. The normalized spacial score (nSPS) is 11.0. The van der Waals surface area contributed by atoms with Gasteiger partial charge < -0.3 is 4.74 Å². The van der Waals surface area contributed by atoms with Gasteiger partial charge in [0.05, 0.1) is 0 Å². The van der Waals surface area contributed by atoms with Gasteiger partial charge in [-0.05, 0) is 41.7 Å². The van der Waals surface area contributed by atoms with Gasteiger partial charge in [-0.3, -0.25) is 0 Å². The molecule has 0 fully saturated rings. The second kappa shape index (κ2) is 7.78. The van der Waals surface area contributed by atoms with Crippen molar-refractivity contribution in [3.05, 3.63) is 59.1 Å². The number of hydrogen-bond donors (Lipinski definition) is 0. The van der Waals surface area contributed by atoms with Crippen LogP contribution in [0.4, 0.5) is 5.69 Å². The highest BCUT2D eigenvalue weighted by Gasteiger charge is 2.19. The van der Waals surface area contributed by atoms with Gasteiger partial charge in [0.1, 0.15) is 11.5 Å². The van der Waals surface area contributed by atoms with Crippen LogP contribution in [-0.2, 0) is 5.41 Å². The largest absolute Gasteiger partial charge is 0.457 e. The van der Waals surface area contributed by atoms with Crippen LogP contribution in [0.2, 0.25) is 0 Å². The molecule has 0 saturated heterocycles. The van der Waals surface area contributed by atoms with E-state index in [-0.39, 0.29) is 5.41 Å². The molecule has 3 nitrogen and oxygen atoms in total. The Morgan fingerprint density at radius 1 is 0.913 bits per heavy atom. The number of diazo groups is 1. The van der Waals surface area contributed by atoms with Gasteiger partial charge in [0.25, 0.3) is 0 Å². The van der Waals surface area contributed by atoms with E-state index < -0.39 is 0 Å². The van der Waals surface area contributed by atoms with Crippen LogP contribution in [0.25, 0.3) is 4.98 Å². The zero-order valence-electron chi connectivity index (χ0n) is 14.2. The standard InChI is InChI=1S/C20H25N2O/c1-4-5-6-15-20(2,3)16-7-11-18(12-8-16)23-19-13-9-17(22-21)10-14-19/h7-14H,4-6,15H2,1-3H3/q+1. The van der Waals surface area contributed by atoms with Crippen LogP contribution in [0.5, 0.6) is 11.5 Å². The first kappa shape index (κ1) is 17.0. The lowest BCUT2D eigenvalue weighted by Crippen LogP contribution is -2.16. The van der Waals surface area contributed by atoms with E-state index in [1.807, 2.05) is 12.1 Å². The van der Waals surface area contributed by atoms with Crippen molar-refractivity contribution in [2.45, 2.75) is 51.9 Å². The molecule has 0 spiro atoms. The molecule has 2 rings (SSSR count). The van der Waals surface area contributed by atoms with Gasteiger partial charge in [0.15, 0.2) is 4.98 Å². The van der Waals surface area contributed by atoms with E-state index in [2.05, 4.69) is 37.9 Å². The Morgan fingerprint density at radius 2 is 1.48 bits per heavy atom. The third-order valence-electron chi connectivity index (χ3n) is 4.23. The Morgan fingerprint density at radius 3 is 2.00 bits per heavy atom. The van der Waals surface area contributed by atoms with E-state index in [1.54, 1.807) is 24.3 Å². The molecule has 23 heavy (non-hydrogen) atoms. The van der Waals surface area contributed by atoms with Gasteiger partial charge in [-0.1, -0.05) is 52.2 Å². The summed E-state index contributed by atoms with van der Waals surface area (Å²) < 4.78 is 5.82. The van der Waals surface area contributed by atoms with Crippen LogP contribution in [0.1, 0.15) is 52.0 Å². The summed E-state index contributed by atoms with van der Waals surface area (Å²) in [5, 5.41) is 8.69. The molecule has 3 heteroatoms. The summed E-state index contributed by atoms with van der Waals surface area (Å²) >= 11 is 0. The smallest absolute Gasteiger partial charge is 0.385 e. The lowest BCUT2D eigenvalue weighted by atomic mass is 9.80. The van der Waals surface area contributed by atoms with E-state index in [4.69, 9.17) is 10.1 Å². The van der Waals surface area contributed by atoms with Gasteiger partial charge in [-0.15, -0.1) is 0 Å². The Labute approximate surface area is 138 Å². The van der Waals surface area contributed by atoms with E-state index in [0.29, 0.717) is 5.69 Å². The first-order valence-corrected chi connectivity index (χ1v) is 8.29. The van der Waals surface area contributed by atoms with Crippen molar-refractivity contribution in [1.29, 1.82) is 5.39 Å². The minimum Gasteiger partial charge on any atom is -0.457 e. The van der Waals surface area contributed by atoms with Gasteiger partial charge in [-0.25, -0.2) is 0 Å². The fourth-order valence-electron chi connectivity index (χ4n) is 2.65. The second-order valence-corrected chi connectivity index (χ2v) is 6.56. The molecule has 0 radical (unpaired) electrons. The molecule has 0 N–H and O–H groups in total. The highest BCUT2D eigenvalue weighted by Crippen LogP contribution is 2.31. The van der Waals surface area contributed by atoms with Crippen molar-refractivity contribution < 1.29 is 4.74 Å². The first-order chi connectivity index (χ1) is 11.0. The SMILES string of the molecule is CCCCCC(C)(C)c1ccc(Oc2ccc([N+]#N)cc2)cc1. The third-order valence-corrected chi connectivity index (χ3v) is 4.23. The lowest BCUT2D eigenvalue weighted by Gasteiger charge is -2.25. The van der Waals surface area contributed by atoms with E-state index >= 15 is 0 Å². The molecule has 0 aromatic heterocycles. The summed E-state index contributed by atoms with van der Waals surface area (Å²) in [6, 6.07) is 15.3. The maximum absolute atomic E-state index is 8.69. The molecular weight excluding hydrogens is 284 g/mol. The van der Waals surface area contributed by atoms with Crippen LogP contribution < -0.4 is 4.74 Å². The minimum atomic E-state index is 0.192. The quantitative estimate of drug-likeness (QED) is 0.415. The predicted octanol–water partition coefficient (Wildman–Crippen LogP) is 6.82. The zero-order chi connectivity index (χ0) is 16.7. The molecule has 0 bridgehead atoms. The number of hydrogen-bond acceptors (Lipinski definition) is 2. The van der Waals surface area contributed by atoms with E-state index in [1.165, 1.54) is 31.2 Å². The number of ether oxygens (including phenoxy) is 1. The lowest BCUT2D eigenvalue weighted by molar-refractivity contribution is 0.447. The molecule has 0 aliphatic carbocycles. The number of rotatable bonds is 7. The van der Waals surface area contributed by atoms with Gasteiger partial charge in [0, 0.05) is 12.1 Å². The Bertz CT molecular complexity index is 652. The average molecular weight is 309 g/mol. The molecule has 2 aromatic carbocycles. The van der Waals surface area contributed by atoms with Gasteiger partial charge in [-0.2, -0.15) is 0 Å². The summed E-state index contributed by atoms with van der Waals surface area (Å²) in [5.41, 5.74) is 2.05. The molecule has 0 heterocycles. The van der Waals surface area contributed by atoms with Crippen LogP contribution in [0, 0.1) is 5.39 Å². The molecule has 0 unspecified atom stereocenters. The minimum absolute atomic E-state index is 0.192. The van der Waals surface area contributed by atoms with Crippen LogP contribution in [-0.4, -0.2) is 0 Å². The molecule has 0 aliphatic heterocycles. The van der Waals surface area contributed by atoms with E-state index in [0.717, 1.165) is 11.5 Å². The Kier molecular flexibility index (Phi) is 5.76. The molecule has 0 atom stereocenters. The molecule has 120 valence electrons. The van der Waals surface area contributed by atoms with Gasteiger partial charge >= 0.3 is 5.69 Å². The average Bonchev–Trinajstić information content (AvgIpc) is 2.56. The van der Waals surface area contributed by atoms with Gasteiger partial charge in [0.2, 0.25) is 5.39 Å². The van der Waals surface area contributed by atoms with Crippen molar-refractivity contribution in [3.63, 3.8) is 0 Å². The van der Waals surface area contributed by atoms with E-state index in [9.17, 15) is 0 Å². The summed E-state index contributed by atoms with van der Waals surface area (Å²) in [7, 11) is 0. The Balaban J connectivity index is 2.02. The second-order valence-electron chi connectivity index (χ2n) is 6.56. The first-order valence-electron chi connectivity index (χ1n) is 8.29. The van der Waals surface area contributed by atoms with Crippen LogP contribution in [0.3, 0.4) is 0 Å². The van der Waals surface area contributed by atoms with Crippen molar-refractivity contribution in [2.24, 2.45) is 0 Å². The fourth-order valence-corrected chi connectivity index (χ4v) is 2.65. The zero-order valence-corrected chi connectivity index (χ0v) is 14.2. The van der Waals surface area contributed by atoms with Crippen LogP contribution in [0.15, 0.2) is 48.5 Å². The predicted molar refractivity (Wildman–Crippen MR) is 94.9 cm³/mol. The molecular formula is C20H25N2O+. The third kappa shape index (κ3) is 4.82. The molecule has 0 saturated carbocycles. The molecule has 0 aliphatic rings. The topological polar surface area (TPSA) is 37.4 Å². The van der Waals surface area contributed by atoms with Crippen molar-refractivity contribution in [2.75, 3.05) is 0 Å². The van der Waals surface area contributed by atoms with Crippen molar-refractivity contribution in [1.82, 2.24) is 0 Å². The maximum atomic E-state index is 8.69. The van der Waals surface area contributed by atoms with Crippen molar-refractivity contribution in [3.8, 4) is 11.5 Å². The Hall–Kier alpha value is -2.34.